The molecule has 200 valence electrons. The van der Waals surface area contributed by atoms with Gasteiger partial charge in [-0.2, -0.15) is 0 Å². The fraction of sp³-hybridized carbons (Fsp3) is 0.406. The van der Waals surface area contributed by atoms with Crippen LogP contribution in [0.2, 0.25) is 0 Å². The maximum atomic E-state index is 11.7. The molecule has 0 radical (unpaired) electrons. The number of hydrogen-bond acceptors (Lipinski definition) is 4. The van der Waals surface area contributed by atoms with Crippen LogP contribution in [0.25, 0.3) is 11.1 Å². The lowest BCUT2D eigenvalue weighted by Gasteiger charge is -2.14. The Morgan fingerprint density at radius 2 is 1.66 bits per heavy atom. The Bertz CT molecular complexity index is 1410. The van der Waals surface area contributed by atoms with Crippen molar-refractivity contribution in [2.24, 2.45) is 5.92 Å². The highest BCUT2D eigenvalue weighted by Crippen LogP contribution is 2.47. The molecule has 5 nitrogen and oxygen atoms in total. The number of rotatable bonds is 11. The molecular weight excluding hydrogens is 496 g/mol. The van der Waals surface area contributed by atoms with E-state index in [4.69, 9.17) is 4.74 Å². The second-order valence-corrected chi connectivity index (χ2v) is 13.1. The van der Waals surface area contributed by atoms with Gasteiger partial charge in [-0.1, -0.05) is 55.5 Å². The predicted octanol–water partition coefficient (Wildman–Crippen LogP) is 6.02. The van der Waals surface area contributed by atoms with Crippen molar-refractivity contribution in [2.45, 2.75) is 57.8 Å². The van der Waals surface area contributed by atoms with Crippen molar-refractivity contribution >= 4 is 15.8 Å². The van der Waals surface area contributed by atoms with Gasteiger partial charge < -0.3 is 9.84 Å². The molecular formula is C32H36O5S. The molecule has 0 unspecified atom stereocenters. The van der Waals surface area contributed by atoms with E-state index < -0.39 is 15.8 Å². The molecule has 38 heavy (non-hydrogen) atoms. The summed E-state index contributed by atoms with van der Waals surface area (Å²) in [5.74, 6) is 0.425. The summed E-state index contributed by atoms with van der Waals surface area (Å²) >= 11 is 0. The molecule has 3 aromatic carbocycles. The SMILES string of the molecule is CCS(=O)(=O)CCCOc1ccc2c(c1)CCCc1ccc(CCc3ccc([C@H]4C[C@@H]4C(=O)O)cc3)cc1-2. The van der Waals surface area contributed by atoms with Crippen LogP contribution in [-0.2, 0) is 40.3 Å². The zero-order valence-electron chi connectivity index (χ0n) is 22.0. The van der Waals surface area contributed by atoms with Gasteiger partial charge in [-0.25, -0.2) is 8.42 Å². The zero-order valence-corrected chi connectivity index (χ0v) is 22.8. The Morgan fingerprint density at radius 1 is 0.921 bits per heavy atom. The monoisotopic (exact) mass is 532 g/mol. The van der Waals surface area contributed by atoms with Crippen molar-refractivity contribution in [1.82, 2.24) is 0 Å². The van der Waals surface area contributed by atoms with Crippen LogP contribution in [0.1, 0.15) is 59.9 Å². The summed E-state index contributed by atoms with van der Waals surface area (Å²) in [6.45, 7) is 2.08. The molecule has 0 aromatic heterocycles. The number of aliphatic carboxylic acids is 1. The Hall–Kier alpha value is -3.12. The van der Waals surface area contributed by atoms with Crippen LogP contribution < -0.4 is 4.74 Å². The van der Waals surface area contributed by atoms with Gasteiger partial charge in [-0.05, 0) is 102 Å². The van der Waals surface area contributed by atoms with Crippen LogP contribution in [0.5, 0.6) is 5.75 Å². The third kappa shape index (κ3) is 6.29. The van der Waals surface area contributed by atoms with Crippen LogP contribution in [0.4, 0.5) is 0 Å². The average molecular weight is 533 g/mol. The number of fused-ring (bicyclic) bond motifs is 3. The number of carboxylic acids is 1. The molecule has 0 aliphatic heterocycles. The van der Waals surface area contributed by atoms with E-state index in [1.165, 1.54) is 33.4 Å². The first-order chi connectivity index (χ1) is 18.3. The highest BCUT2D eigenvalue weighted by Gasteiger charge is 2.43. The Kier molecular flexibility index (Phi) is 7.89. The Morgan fingerprint density at radius 3 is 2.39 bits per heavy atom. The van der Waals surface area contributed by atoms with Crippen LogP contribution in [-0.4, -0.2) is 37.6 Å². The predicted molar refractivity (Wildman–Crippen MR) is 151 cm³/mol. The summed E-state index contributed by atoms with van der Waals surface area (Å²) in [5.41, 5.74) is 8.96. The molecule has 0 spiro atoms. The maximum absolute atomic E-state index is 11.7. The molecule has 0 amide bonds. The lowest BCUT2D eigenvalue weighted by molar-refractivity contribution is -0.138. The molecule has 1 N–H and O–H groups in total. The minimum absolute atomic E-state index is 0.167. The molecule has 1 fully saturated rings. The number of carboxylic acid groups (broad SMARTS) is 1. The minimum Gasteiger partial charge on any atom is -0.494 e. The Balaban J connectivity index is 1.23. The van der Waals surface area contributed by atoms with Gasteiger partial charge in [-0.3, -0.25) is 4.79 Å². The van der Waals surface area contributed by atoms with Gasteiger partial charge in [0.2, 0.25) is 0 Å². The van der Waals surface area contributed by atoms with Crippen LogP contribution in [0.3, 0.4) is 0 Å². The van der Waals surface area contributed by atoms with E-state index >= 15 is 0 Å². The zero-order chi connectivity index (χ0) is 26.7. The smallest absolute Gasteiger partial charge is 0.307 e. The van der Waals surface area contributed by atoms with Gasteiger partial charge in [0.15, 0.2) is 0 Å². The van der Waals surface area contributed by atoms with Crippen molar-refractivity contribution in [3.05, 3.63) is 88.5 Å². The van der Waals surface area contributed by atoms with Gasteiger partial charge in [0, 0.05) is 5.75 Å². The van der Waals surface area contributed by atoms with E-state index in [1.807, 2.05) is 6.07 Å². The lowest BCUT2D eigenvalue weighted by Crippen LogP contribution is -2.11. The minimum atomic E-state index is -2.96. The number of hydrogen-bond donors (Lipinski definition) is 1. The van der Waals surface area contributed by atoms with Gasteiger partial charge in [0.25, 0.3) is 0 Å². The van der Waals surface area contributed by atoms with E-state index in [2.05, 4.69) is 54.6 Å². The first-order valence-corrected chi connectivity index (χ1v) is 15.5. The lowest BCUT2D eigenvalue weighted by atomic mass is 9.93. The second-order valence-electron chi connectivity index (χ2n) is 10.6. The molecule has 6 heteroatoms. The summed E-state index contributed by atoms with van der Waals surface area (Å²) in [5, 5.41) is 9.18. The normalized spacial score (nSPS) is 18.2. The number of benzene rings is 3. The summed E-state index contributed by atoms with van der Waals surface area (Å²) < 4.78 is 29.3. The van der Waals surface area contributed by atoms with E-state index in [0.29, 0.717) is 13.0 Å². The van der Waals surface area contributed by atoms with Gasteiger partial charge >= 0.3 is 5.97 Å². The third-order valence-corrected chi connectivity index (χ3v) is 9.75. The van der Waals surface area contributed by atoms with E-state index in [9.17, 15) is 18.3 Å². The molecule has 0 bridgehead atoms. The summed E-state index contributed by atoms with van der Waals surface area (Å²) in [7, 11) is -2.96. The molecule has 2 atom stereocenters. The van der Waals surface area contributed by atoms with E-state index in [0.717, 1.165) is 49.8 Å². The number of ether oxygens (including phenoxy) is 1. The average Bonchev–Trinajstić information content (AvgIpc) is 3.74. The van der Waals surface area contributed by atoms with Gasteiger partial charge in [0.1, 0.15) is 15.6 Å². The largest absolute Gasteiger partial charge is 0.494 e. The van der Waals surface area contributed by atoms with Crippen molar-refractivity contribution < 1.29 is 23.1 Å². The molecule has 0 heterocycles. The van der Waals surface area contributed by atoms with Crippen LogP contribution in [0.15, 0.2) is 60.7 Å². The van der Waals surface area contributed by atoms with Gasteiger partial charge in [-0.15, -0.1) is 0 Å². The molecule has 1 saturated carbocycles. The van der Waals surface area contributed by atoms with E-state index in [-0.39, 0.29) is 23.3 Å². The molecule has 2 aliphatic carbocycles. The highest BCUT2D eigenvalue weighted by molar-refractivity contribution is 7.91. The standard InChI is InChI=1S/C32H36O5S/c1-2-38(35,36)18-4-17-37-27-15-16-28-26(20-27)6-3-5-24-14-11-23(19-29(24)28)8-7-22-9-12-25(13-10-22)30-21-31(30)32(33)34/h9-16,19-20,30-31H,2-8,17-18,21H2,1H3,(H,33,34)/t30-,31+/m1/s1. The third-order valence-electron chi connectivity index (χ3n) is 7.96. The summed E-state index contributed by atoms with van der Waals surface area (Å²) in [6.07, 6.45) is 6.29. The first-order valence-electron chi connectivity index (χ1n) is 13.7. The van der Waals surface area contributed by atoms with Crippen molar-refractivity contribution in [1.29, 1.82) is 0 Å². The number of carbonyl (C=O) groups is 1. The van der Waals surface area contributed by atoms with Crippen molar-refractivity contribution in [3.8, 4) is 16.9 Å². The van der Waals surface area contributed by atoms with Gasteiger partial charge in [0.05, 0.1) is 18.3 Å². The molecule has 0 saturated heterocycles. The van der Waals surface area contributed by atoms with Crippen molar-refractivity contribution in [3.63, 3.8) is 0 Å². The van der Waals surface area contributed by atoms with Crippen LogP contribution >= 0.6 is 0 Å². The second kappa shape index (κ2) is 11.3. The molecule has 3 aromatic rings. The van der Waals surface area contributed by atoms with E-state index in [1.54, 1.807) is 6.92 Å². The quantitative estimate of drug-likeness (QED) is 0.306. The van der Waals surface area contributed by atoms with Crippen molar-refractivity contribution in [2.75, 3.05) is 18.1 Å². The number of aryl methyl sites for hydroxylation is 4. The summed E-state index contributed by atoms with van der Waals surface area (Å²) in [6, 6.07) is 21.6. The van der Waals surface area contributed by atoms with Crippen LogP contribution in [0, 0.1) is 5.92 Å². The maximum Gasteiger partial charge on any atom is 0.307 e. The fourth-order valence-corrected chi connectivity index (χ4v) is 6.36. The Labute approximate surface area is 225 Å². The number of sulfone groups is 1. The molecule has 2 aliphatic rings. The topological polar surface area (TPSA) is 80.7 Å². The molecule has 5 rings (SSSR count). The summed E-state index contributed by atoms with van der Waals surface area (Å²) in [4.78, 5) is 11.2. The fourth-order valence-electron chi connectivity index (χ4n) is 5.52. The first kappa shape index (κ1) is 26.5. The highest BCUT2D eigenvalue weighted by atomic mass is 32.2.